The molecule has 0 aliphatic rings. The molecular weight excluding hydrogens is 742 g/mol. The van der Waals surface area contributed by atoms with Crippen LogP contribution in [-0.4, -0.2) is 29.5 Å². The van der Waals surface area contributed by atoms with Gasteiger partial charge in [0.2, 0.25) is 0 Å². The Morgan fingerprint density at radius 3 is 1.39 bits per heavy atom. The third kappa shape index (κ3) is 6.78. The van der Waals surface area contributed by atoms with Gasteiger partial charge in [-0.15, -0.1) is 0 Å². The number of benzene rings is 7. The number of aromatic nitrogens is 6. The number of halogens is 3. The maximum absolute atomic E-state index is 14.4. The van der Waals surface area contributed by atoms with Gasteiger partial charge in [-0.1, -0.05) is 146 Å². The van der Waals surface area contributed by atoms with E-state index in [-0.39, 0.29) is 0 Å². The lowest BCUT2D eigenvalue weighted by Crippen LogP contribution is -2.06. The van der Waals surface area contributed by atoms with Gasteiger partial charge in [-0.25, -0.2) is 24.9 Å². The van der Waals surface area contributed by atoms with Crippen LogP contribution in [0.3, 0.4) is 0 Å². The lowest BCUT2D eigenvalue weighted by atomic mass is 10.0. The van der Waals surface area contributed by atoms with E-state index in [4.69, 9.17) is 24.9 Å². The fraction of sp³-hybridized carbons (Fsp3) is 0.0200. The molecule has 0 unspecified atom stereocenters. The number of nitrogens with zero attached hydrogens (tertiary/aromatic N) is 6. The fourth-order valence-corrected chi connectivity index (χ4v) is 7.47. The predicted molar refractivity (Wildman–Crippen MR) is 227 cm³/mol. The molecule has 0 saturated heterocycles. The van der Waals surface area contributed by atoms with Gasteiger partial charge >= 0.3 is 6.18 Å². The second kappa shape index (κ2) is 14.6. The van der Waals surface area contributed by atoms with Crippen LogP contribution in [0.25, 0.3) is 95.6 Å². The molecular formula is C50H31F3N6. The SMILES string of the molecule is FC(F)(F)c1ccc2c3ccccc3n(-c3ccc(-c4nc(-c5ccccc5)cc(-c5ccccc5)n4)cc3-c3nc(-c4ccccc4)nc(-c4ccccc4)n3)c2c1. The molecule has 3 aromatic heterocycles. The highest BCUT2D eigenvalue weighted by Crippen LogP contribution is 2.40. The molecule has 0 amide bonds. The van der Waals surface area contributed by atoms with Gasteiger partial charge in [0.25, 0.3) is 0 Å². The molecule has 7 aromatic carbocycles. The monoisotopic (exact) mass is 772 g/mol. The van der Waals surface area contributed by atoms with E-state index < -0.39 is 11.7 Å². The first-order chi connectivity index (χ1) is 28.9. The summed E-state index contributed by atoms with van der Waals surface area (Å²) >= 11 is 0. The van der Waals surface area contributed by atoms with E-state index in [0.29, 0.717) is 51.0 Å². The van der Waals surface area contributed by atoms with Gasteiger partial charge < -0.3 is 4.57 Å². The molecule has 0 fully saturated rings. The highest BCUT2D eigenvalue weighted by molar-refractivity contribution is 6.10. The Bertz CT molecular complexity index is 3020. The normalized spacial score (nSPS) is 11.6. The molecule has 6 nitrogen and oxygen atoms in total. The third-order valence-corrected chi connectivity index (χ3v) is 10.3. The van der Waals surface area contributed by atoms with Crippen LogP contribution in [0.4, 0.5) is 13.2 Å². The first-order valence-corrected chi connectivity index (χ1v) is 19.0. The van der Waals surface area contributed by atoms with Crippen molar-refractivity contribution in [3.8, 4) is 73.8 Å². The quantitative estimate of drug-likeness (QED) is 0.161. The molecule has 0 aliphatic carbocycles. The van der Waals surface area contributed by atoms with Crippen LogP contribution in [0.5, 0.6) is 0 Å². The van der Waals surface area contributed by atoms with Crippen molar-refractivity contribution in [3.63, 3.8) is 0 Å². The fourth-order valence-electron chi connectivity index (χ4n) is 7.47. The summed E-state index contributed by atoms with van der Waals surface area (Å²) in [6.45, 7) is 0. The average molecular weight is 773 g/mol. The van der Waals surface area contributed by atoms with Gasteiger partial charge in [-0.05, 0) is 42.5 Å². The van der Waals surface area contributed by atoms with Crippen molar-refractivity contribution in [2.45, 2.75) is 6.18 Å². The number of fused-ring (bicyclic) bond motifs is 3. The highest BCUT2D eigenvalue weighted by atomic mass is 19.4. The summed E-state index contributed by atoms with van der Waals surface area (Å²) in [5.41, 5.74) is 7.05. The maximum atomic E-state index is 14.4. The van der Waals surface area contributed by atoms with Crippen LogP contribution < -0.4 is 0 Å². The zero-order chi connectivity index (χ0) is 39.9. The maximum Gasteiger partial charge on any atom is 0.416 e. The second-order valence-corrected chi connectivity index (χ2v) is 14.0. The van der Waals surface area contributed by atoms with Gasteiger partial charge in [0.15, 0.2) is 23.3 Å². The van der Waals surface area contributed by atoms with E-state index in [1.165, 1.54) is 6.07 Å². The summed E-state index contributed by atoms with van der Waals surface area (Å²) in [4.78, 5) is 25.3. The first kappa shape index (κ1) is 35.6. The van der Waals surface area contributed by atoms with E-state index in [1.54, 1.807) is 6.07 Å². The van der Waals surface area contributed by atoms with Crippen molar-refractivity contribution < 1.29 is 13.2 Å². The Kier molecular flexibility index (Phi) is 8.83. The second-order valence-electron chi connectivity index (χ2n) is 14.0. The van der Waals surface area contributed by atoms with Crippen molar-refractivity contribution in [2.75, 3.05) is 0 Å². The van der Waals surface area contributed by atoms with E-state index in [1.807, 2.05) is 174 Å². The van der Waals surface area contributed by atoms with Crippen LogP contribution in [0, 0.1) is 0 Å². The van der Waals surface area contributed by atoms with Crippen molar-refractivity contribution in [1.29, 1.82) is 0 Å². The molecule has 282 valence electrons. The van der Waals surface area contributed by atoms with Crippen molar-refractivity contribution in [2.24, 2.45) is 0 Å². The molecule has 0 radical (unpaired) electrons. The Labute approximate surface area is 337 Å². The third-order valence-electron chi connectivity index (χ3n) is 10.3. The Morgan fingerprint density at radius 2 is 0.831 bits per heavy atom. The Morgan fingerprint density at radius 1 is 0.356 bits per heavy atom. The molecule has 10 aromatic rings. The highest BCUT2D eigenvalue weighted by Gasteiger charge is 2.31. The molecule has 9 heteroatoms. The van der Waals surface area contributed by atoms with Gasteiger partial charge in [0, 0.05) is 44.2 Å². The number of rotatable bonds is 7. The van der Waals surface area contributed by atoms with Crippen molar-refractivity contribution in [1.82, 2.24) is 29.5 Å². The number of hydrogen-bond donors (Lipinski definition) is 0. The summed E-state index contributed by atoms with van der Waals surface area (Å²) in [5.74, 6) is 1.68. The molecule has 59 heavy (non-hydrogen) atoms. The minimum absolute atomic E-state index is 0.329. The van der Waals surface area contributed by atoms with Gasteiger partial charge in [-0.2, -0.15) is 13.2 Å². The largest absolute Gasteiger partial charge is 0.416 e. The lowest BCUT2D eigenvalue weighted by Gasteiger charge is -2.17. The van der Waals surface area contributed by atoms with Crippen LogP contribution in [-0.2, 0) is 6.18 Å². The van der Waals surface area contributed by atoms with E-state index in [2.05, 4.69) is 0 Å². The summed E-state index contributed by atoms with van der Waals surface area (Å²) in [6, 6.07) is 58.3. The molecule has 0 bridgehead atoms. The number of alkyl halides is 3. The molecule has 10 rings (SSSR count). The molecule has 0 aliphatic heterocycles. The summed E-state index contributed by atoms with van der Waals surface area (Å²) < 4.78 is 45.0. The van der Waals surface area contributed by atoms with Gasteiger partial charge in [-0.3, -0.25) is 0 Å². The van der Waals surface area contributed by atoms with Crippen molar-refractivity contribution >= 4 is 21.8 Å². The Balaban J connectivity index is 1.28. The van der Waals surface area contributed by atoms with Crippen LogP contribution in [0.2, 0.25) is 0 Å². The molecule has 0 atom stereocenters. The topological polar surface area (TPSA) is 69.4 Å². The first-order valence-electron chi connectivity index (χ1n) is 19.0. The molecule has 0 saturated carbocycles. The smallest absolute Gasteiger partial charge is 0.308 e. The number of para-hydroxylation sites is 1. The summed E-state index contributed by atoms with van der Waals surface area (Å²) in [7, 11) is 0. The molecule has 3 heterocycles. The number of hydrogen-bond acceptors (Lipinski definition) is 5. The summed E-state index contributed by atoms with van der Waals surface area (Å²) in [5, 5.41) is 1.49. The van der Waals surface area contributed by atoms with Crippen LogP contribution >= 0.6 is 0 Å². The van der Waals surface area contributed by atoms with Gasteiger partial charge in [0.05, 0.1) is 33.7 Å². The van der Waals surface area contributed by atoms with Gasteiger partial charge in [0.1, 0.15) is 0 Å². The standard InChI is InChI=1S/C50H31F3N6/c51-50(52,53)37-26-27-39-38-23-13-14-24-43(38)59(45(39)30-37)44-28-25-36(48-54-41(32-15-5-1-6-16-32)31-42(55-48)33-17-7-2-8-18-33)29-40(44)49-57-46(34-19-9-3-10-20-34)56-47(58-49)35-21-11-4-12-22-35/h1-31H. The zero-order valence-corrected chi connectivity index (χ0v) is 31.2. The lowest BCUT2D eigenvalue weighted by molar-refractivity contribution is -0.137. The Hall–Kier alpha value is -7.78. The van der Waals surface area contributed by atoms with E-state index in [0.717, 1.165) is 50.6 Å². The molecule has 0 spiro atoms. The van der Waals surface area contributed by atoms with Crippen LogP contribution in [0.15, 0.2) is 188 Å². The minimum Gasteiger partial charge on any atom is -0.308 e. The van der Waals surface area contributed by atoms with E-state index >= 15 is 0 Å². The van der Waals surface area contributed by atoms with E-state index in [9.17, 15) is 13.2 Å². The van der Waals surface area contributed by atoms with Crippen molar-refractivity contribution in [3.05, 3.63) is 194 Å². The molecule has 0 N–H and O–H groups in total. The average Bonchev–Trinajstić information content (AvgIpc) is 3.63. The van der Waals surface area contributed by atoms with Crippen LogP contribution in [0.1, 0.15) is 5.56 Å². The minimum atomic E-state index is -4.55. The predicted octanol–water partition coefficient (Wildman–Crippen LogP) is 12.8. The summed E-state index contributed by atoms with van der Waals surface area (Å²) in [6.07, 6.45) is -4.55. The zero-order valence-electron chi connectivity index (χ0n) is 31.2.